The maximum atomic E-state index is 5.33. The smallest absolute Gasteiger partial charge is 0.246 e. The largest absolute Gasteiger partial charge is 0.378 e. The maximum absolute atomic E-state index is 5.33. The van der Waals surface area contributed by atoms with Gasteiger partial charge in [-0.15, -0.1) is 0 Å². The summed E-state index contributed by atoms with van der Waals surface area (Å²) >= 11 is 0. The third-order valence-electron chi connectivity index (χ3n) is 2.43. The molecule has 0 amide bonds. The molecule has 0 spiro atoms. The fourth-order valence-electron chi connectivity index (χ4n) is 1.61. The molecule has 1 unspecified atom stereocenters. The Morgan fingerprint density at radius 2 is 2.12 bits per heavy atom. The summed E-state index contributed by atoms with van der Waals surface area (Å²) in [6.07, 6.45) is 3.28. The van der Waals surface area contributed by atoms with E-state index in [9.17, 15) is 0 Å². The van der Waals surface area contributed by atoms with Crippen LogP contribution < -0.4 is 5.32 Å². The van der Waals surface area contributed by atoms with Gasteiger partial charge in [0.2, 0.25) is 17.5 Å². The molecular formula is C10H11N5O2. The first-order valence-electron chi connectivity index (χ1n) is 5.35. The van der Waals surface area contributed by atoms with Crippen molar-refractivity contribution in [2.75, 3.05) is 19.8 Å². The molecule has 17 heavy (non-hydrogen) atoms. The first-order chi connectivity index (χ1) is 8.43. The van der Waals surface area contributed by atoms with Crippen molar-refractivity contribution < 1.29 is 9.26 Å². The van der Waals surface area contributed by atoms with Gasteiger partial charge in [0.15, 0.2) is 0 Å². The second-order valence-corrected chi connectivity index (χ2v) is 3.61. The Labute approximate surface area is 97.2 Å². The summed E-state index contributed by atoms with van der Waals surface area (Å²) in [5.74, 6) is 1.36. The van der Waals surface area contributed by atoms with Crippen LogP contribution in [-0.4, -0.2) is 39.9 Å². The van der Waals surface area contributed by atoms with Crippen LogP contribution >= 0.6 is 0 Å². The van der Waals surface area contributed by atoms with Gasteiger partial charge in [0.05, 0.1) is 13.2 Å². The summed E-state index contributed by atoms with van der Waals surface area (Å²) < 4.78 is 10.5. The molecular weight excluding hydrogens is 222 g/mol. The lowest BCUT2D eigenvalue weighted by molar-refractivity contribution is 0.0659. The Morgan fingerprint density at radius 1 is 1.24 bits per heavy atom. The molecule has 1 saturated heterocycles. The van der Waals surface area contributed by atoms with Crippen LogP contribution in [-0.2, 0) is 4.74 Å². The molecule has 0 aromatic carbocycles. The first kappa shape index (κ1) is 10.3. The molecule has 88 valence electrons. The van der Waals surface area contributed by atoms with Crippen molar-refractivity contribution in [2.24, 2.45) is 0 Å². The Bertz CT molecular complexity index is 480. The van der Waals surface area contributed by atoms with Gasteiger partial charge < -0.3 is 14.6 Å². The van der Waals surface area contributed by atoms with Crippen LogP contribution in [0.3, 0.4) is 0 Å². The van der Waals surface area contributed by atoms with Gasteiger partial charge in [0.1, 0.15) is 6.04 Å². The Morgan fingerprint density at radius 3 is 2.88 bits per heavy atom. The van der Waals surface area contributed by atoms with Gasteiger partial charge in [0.25, 0.3) is 0 Å². The lowest BCUT2D eigenvalue weighted by Crippen LogP contribution is -2.34. The standard InChI is InChI=1S/C10H11N5O2/c1-2-12-8(13-3-1)9-14-10(17-15-9)7-6-16-5-4-11-7/h1-3,7,11H,4-6H2. The number of hydrogen-bond acceptors (Lipinski definition) is 7. The molecule has 1 aliphatic rings. The highest BCUT2D eigenvalue weighted by atomic mass is 16.5. The van der Waals surface area contributed by atoms with E-state index in [0.717, 1.165) is 6.54 Å². The van der Waals surface area contributed by atoms with Crippen LogP contribution in [0.15, 0.2) is 23.0 Å². The molecule has 1 N–H and O–H groups in total. The molecule has 7 heteroatoms. The normalized spacial score (nSPS) is 20.4. The number of nitrogens with one attached hydrogen (secondary N) is 1. The summed E-state index contributed by atoms with van der Waals surface area (Å²) in [5, 5.41) is 7.09. The SMILES string of the molecule is c1cnc(-c2noc(C3COCCN3)n2)nc1. The molecule has 3 heterocycles. The number of nitrogens with zero attached hydrogens (tertiary/aromatic N) is 4. The van der Waals surface area contributed by atoms with Gasteiger partial charge in [-0.1, -0.05) is 5.16 Å². The highest BCUT2D eigenvalue weighted by molar-refractivity contribution is 5.40. The van der Waals surface area contributed by atoms with Gasteiger partial charge >= 0.3 is 0 Å². The van der Waals surface area contributed by atoms with Crippen molar-refractivity contribution in [3.8, 4) is 11.6 Å². The third kappa shape index (κ3) is 2.15. The second kappa shape index (κ2) is 4.56. The van der Waals surface area contributed by atoms with Crippen molar-refractivity contribution in [1.29, 1.82) is 0 Å². The summed E-state index contributed by atoms with van der Waals surface area (Å²) in [4.78, 5) is 12.4. The number of hydrogen-bond donors (Lipinski definition) is 1. The van der Waals surface area contributed by atoms with Crippen LogP contribution in [0.2, 0.25) is 0 Å². The Kier molecular flexibility index (Phi) is 2.76. The molecule has 1 fully saturated rings. The third-order valence-corrected chi connectivity index (χ3v) is 2.43. The van der Waals surface area contributed by atoms with E-state index in [-0.39, 0.29) is 6.04 Å². The molecule has 0 aliphatic carbocycles. The average molecular weight is 233 g/mol. The molecule has 2 aromatic heterocycles. The van der Waals surface area contributed by atoms with Crippen LogP contribution in [0.1, 0.15) is 11.9 Å². The predicted molar refractivity (Wildman–Crippen MR) is 56.9 cm³/mol. The number of aromatic nitrogens is 4. The summed E-state index contributed by atoms with van der Waals surface area (Å²) in [5.41, 5.74) is 0. The lowest BCUT2D eigenvalue weighted by Gasteiger charge is -2.20. The van der Waals surface area contributed by atoms with Gasteiger partial charge in [-0.05, 0) is 6.07 Å². The van der Waals surface area contributed by atoms with Crippen molar-refractivity contribution in [1.82, 2.24) is 25.4 Å². The van der Waals surface area contributed by atoms with E-state index in [4.69, 9.17) is 9.26 Å². The molecule has 3 rings (SSSR count). The molecule has 7 nitrogen and oxygen atoms in total. The number of morpholine rings is 1. The zero-order valence-electron chi connectivity index (χ0n) is 9.04. The van der Waals surface area contributed by atoms with E-state index in [1.54, 1.807) is 18.5 Å². The van der Waals surface area contributed by atoms with Crippen LogP contribution in [0.4, 0.5) is 0 Å². The van der Waals surface area contributed by atoms with E-state index < -0.39 is 0 Å². The van der Waals surface area contributed by atoms with E-state index in [2.05, 4.69) is 25.4 Å². The summed E-state index contributed by atoms with van der Waals surface area (Å²) in [6.45, 7) is 2.03. The van der Waals surface area contributed by atoms with Gasteiger partial charge in [-0.2, -0.15) is 4.98 Å². The molecule has 0 saturated carbocycles. The van der Waals surface area contributed by atoms with Crippen molar-refractivity contribution in [3.63, 3.8) is 0 Å². The van der Waals surface area contributed by atoms with Gasteiger partial charge in [-0.3, -0.25) is 0 Å². The fraction of sp³-hybridized carbons (Fsp3) is 0.400. The minimum Gasteiger partial charge on any atom is -0.378 e. The van der Waals surface area contributed by atoms with Gasteiger partial charge in [-0.25, -0.2) is 9.97 Å². The van der Waals surface area contributed by atoms with Gasteiger partial charge in [0, 0.05) is 18.9 Å². The van der Waals surface area contributed by atoms with Crippen LogP contribution in [0.5, 0.6) is 0 Å². The summed E-state index contributed by atoms with van der Waals surface area (Å²) in [6, 6.07) is 1.69. The van der Waals surface area contributed by atoms with E-state index in [1.807, 2.05) is 0 Å². The highest BCUT2D eigenvalue weighted by Crippen LogP contribution is 2.16. The molecule has 1 aliphatic heterocycles. The van der Waals surface area contributed by atoms with Crippen molar-refractivity contribution >= 4 is 0 Å². The zero-order valence-corrected chi connectivity index (χ0v) is 9.04. The van der Waals surface area contributed by atoms with Crippen LogP contribution in [0, 0.1) is 0 Å². The van der Waals surface area contributed by atoms with E-state index in [0.29, 0.717) is 30.8 Å². The van der Waals surface area contributed by atoms with Crippen molar-refractivity contribution in [3.05, 3.63) is 24.4 Å². The minimum atomic E-state index is -0.0475. The lowest BCUT2D eigenvalue weighted by atomic mass is 10.3. The van der Waals surface area contributed by atoms with E-state index >= 15 is 0 Å². The zero-order chi connectivity index (χ0) is 11.5. The number of rotatable bonds is 2. The molecule has 2 aromatic rings. The fourth-order valence-corrected chi connectivity index (χ4v) is 1.61. The Balaban J connectivity index is 1.83. The average Bonchev–Trinajstić information content (AvgIpc) is 2.90. The topological polar surface area (TPSA) is 86.0 Å². The predicted octanol–water partition coefficient (Wildman–Crippen LogP) is 0.187. The molecule has 0 radical (unpaired) electrons. The maximum Gasteiger partial charge on any atom is 0.246 e. The molecule has 0 bridgehead atoms. The first-order valence-corrected chi connectivity index (χ1v) is 5.35. The van der Waals surface area contributed by atoms with Crippen LogP contribution in [0.25, 0.3) is 11.6 Å². The molecule has 1 atom stereocenters. The van der Waals surface area contributed by atoms with Crippen molar-refractivity contribution in [2.45, 2.75) is 6.04 Å². The number of ether oxygens (including phenoxy) is 1. The van der Waals surface area contributed by atoms with E-state index in [1.165, 1.54) is 0 Å². The monoisotopic (exact) mass is 233 g/mol. The highest BCUT2D eigenvalue weighted by Gasteiger charge is 2.22. The second-order valence-electron chi connectivity index (χ2n) is 3.61. The summed E-state index contributed by atoms with van der Waals surface area (Å²) in [7, 11) is 0. The quantitative estimate of drug-likeness (QED) is 0.792. The minimum absolute atomic E-state index is 0.0475. The Hall–Kier alpha value is -1.86.